The van der Waals surface area contributed by atoms with Crippen molar-refractivity contribution in [2.75, 3.05) is 25.2 Å². The highest BCUT2D eigenvalue weighted by molar-refractivity contribution is 9.10. The van der Waals surface area contributed by atoms with Crippen LogP contribution in [0.2, 0.25) is 0 Å². The summed E-state index contributed by atoms with van der Waals surface area (Å²) < 4.78 is 6.02. The topological polar surface area (TPSA) is 66.9 Å². The number of likely N-dealkylation sites (tertiary alicyclic amines) is 1. The Labute approximate surface area is 185 Å². The fraction of sp³-hybridized carbons (Fsp3) is 0.522. The predicted molar refractivity (Wildman–Crippen MR) is 118 cm³/mol. The van der Waals surface area contributed by atoms with Crippen molar-refractivity contribution in [3.8, 4) is 0 Å². The minimum absolute atomic E-state index is 0.0101. The minimum atomic E-state index is -0.659. The fourth-order valence-electron chi connectivity index (χ4n) is 4.94. The second-order valence-corrected chi connectivity index (χ2v) is 10.2. The van der Waals surface area contributed by atoms with Gasteiger partial charge in [0.2, 0.25) is 11.8 Å². The number of rotatable bonds is 5. The molecule has 2 saturated heterocycles. The number of ether oxygens (including phenoxy) is 1. The molecule has 6 nitrogen and oxygen atoms in total. The number of methoxy groups -OCH3 is 1. The number of benzene rings is 1. The smallest absolute Gasteiger partial charge is 0.235 e. The maximum atomic E-state index is 13.6. The summed E-state index contributed by atoms with van der Waals surface area (Å²) in [7, 11) is 1.60. The number of fused-ring (bicyclic) bond motifs is 5. The number of carbonyl (C=O) groups is 3. The fourth-order valence-corrected chi connectivity index (χ4v) is 5.32. The Hall–Kier alpha value is -1.99. The number of amides is 2. The number of carbonyl (C=O) groups excluding carboxylic acids is 3. The third-order valence-corrected chi connectivity index (χ3v) is 6.79. The van der Waals surface area contributed by atoms with Crippen LogP contribution in [0, 0.1) is 17.3 Å². The lowest BCUT2D eigenvalue weighted by atomic mass is 9.79. The van der Waals surface area contributed by atoms with Gasteiger partial charge in [-0.1, -0.05) is 48.9 Å². The summed E-state index contributed by atoms with van der Waals surface area (Å²) in [5, 5.41) is 0. The molecule has 3 aliphatic heterocycles. The Morgan fingerprint density at radius 1 is 1.17 bits per heavy atom. The van der Waals surface area contributed by atoms with Gasteiger partial charge < -0.3 is 9.64 Å². The third kappa shape index (κ3) is 3.23. The van der Waals surface area contributed by atoms with Gasteiger partial charge in [-0.3, -0.25) is 19.3 Å². The second-order valence-electron chi connectivity index (χ2n) is 9.25. The van der Waals surface area contributed by atoms with Crippen molar-refractivity contribution in [1.29, 1.82) is 0 Å². The molecule has 0 aromatic heterocycles. The van der Waals surface area contributed by atoms with Crippen molar-refractivity contribution < 1.29 is 19.1 Å². The van der Waals surface area contributed by atoms with E-state index in [0.29, 0.717) is 19.6 Å². The number of hydrogen-bond acceptors (Lipinski definition) is 5. The van der Waals surface area contributed by atoms with Crippen LogP contribution in [0.15, 0.2) is 28.7 Å². The summed E-state index contributed by atoms with van der Waals surface area (Å²) in [5.41, 5.74) is 1.24. The molecule has 4 atom stereocenters. The second kappa shape index (κ2) is 7.61. The molecule has 0 N–H and O–H groups in total. The molecular formula is C23H27BrN2O4. The van der Waals surface area contributed by atoms with E-state index in [0.717, 1.165) is 15.7 Å². The zero-order valence-corrected chi connectivity index (χ0v) is 19.3. The van der Waals surface area contributed by atoms with Gasteiger partial charge in [0.15, 0.2) is 5.78 Å². The first kappa shape index (κ1) is 21.2. The van der Waals surface area contributed by atoms with Gasteiger partial charge >= 0.3 is 0 Å². The molecule has 2 fully saturated rings. The molecule has 1 aromatic carbocycles. The number of ketones is 1. The Balaban J connectivity index is 1.78. The van der Waals surface area contributed by atoms with Crippen molar-refractivity contribution in [1.82, 2.24) is 4.90 Å². The van der Waals surface area contributed by atoms with E-state index in [4.69, 9.17) is 4.74 Å². The van der Waals surface area contributed by atoms with Crippen molar-refractivity contribution in [2.45, 2.75) is 39.3 Å². The lowest BCUT2D eigenvalue weighted by molar-refractivity contribution is -0.142. The van der Waals surface area contributed by atoms with E-state index >= 15 is 0 Å². The quantitative estimate of drug-likeness (QED) is 0.483. The maximum absolute atomic E-state index is 13.6. The summed E-state index contributed by atoms with van der Waals surface area (Å²) in [5.74, 6) is -1.61. The van der Waals surface area contributed by atoms with Gasteiger partial charge in [-0.15, -0.1) is 0 Å². The molecular weight excluding hydrogens is 448 g/mol. The van der Waals surface area contributed by atoms with Crippen molar-refractivity contribution in [3.63, 3.8) is 0 Å². The van der Waals surface area contributed by atoms with Crippen LogP contribution in [0.5, 0.6) is 0 Å². The molecule has 0 saturated carbocycles. The molecule has 7 heteroatoms. The molecule has 0 unspecified atom stereocenters. The molecule has 0 bridgehead atoms. The first-order valence-corrected chi connectivity index (χ1v) is 11.1. The van der Waals surface area contributed by atoms with E-state index in [1.54, 1.807) is 7.11 Å². The average molecular weight is 475 g/mol. The van der Waals surface area contributed by atoms with Crippen LogP contribution >= 0.6 is 15.9 Å². The van der Waals surface area contributed by atoms with Crippen LogP contribution in [-0.4, -0.2) is 54.8 Å². The lowest BCUT2D eigenvalue weighted by Crippen LogP contribution is -2.51. The molecule has 0 aliphatic carbocycles. The number of imide groups is 1. The van der Waals surface area contributed by atoms with Gasteiger partial charge in [0, 0.05) is 35.8 Å². The van der Waals surface area contributed by atoms with E-state index in [2.05, 4.69) is 15.9 Å². The Kier molecular flexibility index (Phi) is 5.39. The van der Waals surface area contributed by atoms with Crippen LogP contribution in [0.1, 0.15) is 32.8 Å². The van der Waals surface area contributed by atoms with Crippen molar-refractivity contribution in [3.05, 3.63) is 34.3 Å². The Morgan fingerprint density at radius 2 is 1.87 bits per heavy atom. The standard InChI is InChI=1S/C23H27BrN2O4/c1-23(2,3)20(27)19-18-17(21(28)25(22(18)29)10-5-11-30-4)16-8-6-13-12-14(24)7-9-15(13)26(16)19/h6-9,12,16-19H,5,10-11H2,1-4H3/t16-,17+,18-,19-/m1/s1. The van der Waals surface area contributed by atoms with Gasteiger partial charge in [0.25, 0.3) is 0 Å². The molecule has 4 rings (SSSR count). The van der Waals surface area contributed by atoms with Crippen LogP contribution in [0.25, 0.3) is 6.08 Å². The first-order valence-electron chi connectivity index (χ1n) is 10.3. The van der Waals surface area contributed by atoms with Crippen LogP contribution in [0.3, 0.4) is 0 Å². The van der Waals surface area contributed by atoms with E-state index in [1.165, 1.54) is 4.90 Å². The molecule has 0 radical (unpaired) electrons. The van der Waals surface area contributed by atoms with E-state index < -0.39 is 23.3 Å². The van der Waals surface area contributed by atoms with Crippen molar-refractivity contribution in [2.24, 2.45) is 17.3 Å². The molecule has 0 spiro atoms. The first-order chi connectivity index (χ1) is 14.2. The highest BCUT2D eigenvalue weighted by atomic mass is 79.9. The van der Waals surface area contributed by atoms with Gasteiger partial charge in [-0.2, -0.15) is 0 Å². The average Bonchev–Trinajstić information content (AvgIpc) is 3.15. The normalized spacial score (nSPS) is 27.4. The lowest BCUT2D eigenvalue weighted by Gasteiger charge is -2.38. The van der Waals surface area contributed by atoms with E-state index in [9.17, 15) is 14.4 Å². The molecule has 3 heterocycles. The monoisotopic (exact) mass is 474 g/mol. The molecule has 1 aromatic rings. The summed E-state index contributed by atoms with van der Waals surface area (Å²) in [6.07, 6.45) is 4.56. The van der Waals surface area contributed by atoms with E-state index in [1.807, 2.05) is 56.0 Å². The summed E-state index contributed by atoms with van der Waals surface area (Å²) >= 11 is 3.50. The van der Waals surface area contributed by atoms with E-state index in [-0.39, 0.29) is 23.6 Å². The highest BCUT2D eigenvalue weighted by Gasteiger charge is 2.64. The van der Waals surface area contributed by atoms with Crippen LogP contribution in [-0.2, 0) is 19.1 Å². The van der Waals surface area contributed by atoms with Gasteiger partial charge in [0.05, 0.1) is 17.9 Å². The number of halogens is 1. The summed E-state index contributed by atoms with van der Waals surface area (Å²) in [4.78, 5) is 43.7. The largest absolute Gasteiger partial charge is 0.385 e. The minimum Gasteiger partial charge on any atom is -0.385 e. The Bertz CT molecular complexity index is 936. The summed E-state index contributed by atoms with van der Waals surface area (Å²) in [6, 6.07) is 4.93. The third-order valence-electron chi connectivity index (χ3n) is 6.30. The molecule has 160 valence electrons. The maximum Gasteiger partial charge on any atom is 0.235 e. The van der Waals surface area contributed by atoms with Crippen molar-refractivity contribution >= 4 is 45.3 Å². The van der Waals surface area contributed by atoms with Gasteiger partial charge in [-0.05, 0) is 30.2 Å². The molecule has 3 aliphatic rings. The zero-order chi connectivity index (χ0) is 21.8. The SMILES string of the molecule is COCCCN1C(=O)[C@@H]2[C@@H](C1=O)[C@H](C(=O)C(C)(C)C)N1c3ccc(Br)cc3C=C[C@H]21. The van der Waals surface area contributed by atoms with Crippen LogP contribution < -0.4 is 4.90 Å². The number of Topliss-reactive ketones (excluding diaryl/α,β-unsaturated/α-hetero) is 1. The van der Waals surface area contributed by atoms with Gasteiger partial charge in [-0.25, -0.2) is 0 Å². The number of nitrogens with zero attached hydrogens (tertiary/aromatic N) is 2. The van der Waals surface area contributed by atoms with Gasteiger partial charge in [0.1, 0.15) is 6.04 Å². The molecule has 30 heavy (non-hydrogen) atoms. The number of anilines is 1. The predicted octanol–water partition coefficient (Wildman–Crippen LogP) is 3.29. The highest BCUT2D eigenvalue weighted by Crippen LogP contribution is 2.50. The summed E-state index contributed by atoms with van der Waals surface area (Å²) in [6.45, 7) is 6.43. The number of hydrogen-bond donors (Lipinski definition) is 0. The zero-order valence-electron chi connectivity index (χ0n) is 17.7. The van der Waals surface area contributed by atoms with Crippen LogP contribution in [0.4, 0.5) is 5.69 Å². The molecule has 2 amide bonds. The Morgan fingerprint density at radius 3 is 2.53 bits per heavy atom.